The lowest BCUT2D eigenvalue weighted by atomic mass is 9.78. The third-order valence-corrected chi connectivity index (χ3v) is 5.16. The van der Waals surface area contributed by atoms with Crippen LogP contribution in [0.1, 0.15) is 50.8 Å². The molecule has 2 fully saturated rings. The number of aromatic nitrogens is 3. The fourth-order valence-electron chi connectivity index (χ4n) is 3.99. The highest BCUT2D eigenvalue weighted by atomic mass is 16.5. The molecule has 0 radical (unpaired) electrons. The molecule has 0 bridgehead atoms. The number of anilines is 1. The first-order valence-electron chi connectivity index (χ1n) is 8.90. The van der Waals surface area contributed by atoms with E-state index in [-0.39, 0.29) is 5.60 Å². The van der Waals surface area contributed by atoms with Gasteiger partial charge in [0.15, 0.2) is 5.82 Å². The van der Waals surface area contributed by atoms with Gasteiger partial charge >= 0.3 is 0 Å². The fraction of sp³-hybridized carbons (Fsp3) is 0.611. The van der Waals surface area contributed by atoms with Gasteiger partial charge in [0.25, 0.3) is 5.89 Å². The van der Waals surface area contributed by atoms with Crippen LogP contribution in [0.3, 0.4) is 0 Å². The molecule has 2 aromatic heterocycles. The summed E-state index contributed by atoms with van der Waals surface area (Å²) in [6, 6.07) is 4.24. The lowest BCUT2D eigenvalue weighted by Gasteiger charge is -2.43. The van der Waals surface area contributed by atoms with Crippen molar-refractivity contribution >= 4 is 5.82 Å². The van der Waals surface area contributed by atoms with Gasteiger partial charge in [0.2, 0.25) is 0 Å². The Bertz CT molecular complexity index is 688. The molecule has 2 aliphatic rings. The van der Waals surface area contributed by atoms with Gasteiger partial charge in [-0.1, -0.05) is 24.4 Å². The summed E-state index contributed by atoms with van der Waals surface area (Å²) in [5.74, 6) is 1.97. The summed E-state index contributed by atoms with van der Waals surface area (Å²) in [6.07, 6.45) is 10.1. The summed E-state index contributed by atoms with van der Waals surface area (Å²) < 4.78 is 11.5. The Morgan fingerprint density at radius 3 is 2.92 bits per heavy atom. The van der Waals surface area contributed by atoms with Crippen molar-refractivity contribution in [1.29, 1.82) is 0 Å². The minimum atomic E-state index is 0.0736. The second kappa shape index (κ2) is 6.51. The van der Waals surface area contributed by atoms with Crippen LogP contribution in [-0.2, 0) is 4.74 Å². The maximum Gasteiger partial charge on any atom is 0.261 e. The Morgan fingerprint density at radius 1 is 1.25 bits per heavy atom. The molecule has 1 atom stereocenters. The summed E-state index contributed by atoms with van der Waals surface area (Å²) in [5.41, 5.74) is 0.937. The van der Waals surface area contributed by atoms with Crippen molar-refractivity contribution in [2.75, 3.05) is 11.9 Å². The predicted molar refractivity (Wildman–Crippen MR) is 90.7 cm³/mol. The van der Waals surface area contributed by atoms with Crippen LogP contribution in [0.25, 0.3) is 11.5 Å². The highest BCUT2D eigenvalue weighted by Crippen LogP contribution is 2.39. The Hall–Kier alpha value is -1.95. The molecule has 1 saturated carbocycles. The van der Waals surface area contributed by atoms with Crippen LogP contribution in [-0.4, -0.2) is 33.4 Å². The molecule has 128 valence electrons. The number of aryl methyl sites for hydroxylation is 1. The van der Waals surface area contributed by atoms with E-state index in [1.165, 1.54) is 32.1 Å². The summed E-state index contributed by atoms with van der Waals surface area (Å²) in [5, 5.41) is 7.50. The van der Waals surface area contributed by atoms with E-state index < -0.39 is 0 Å². The quantitative estimate of drug-likeness (QED) is 0.925. The predicted octanol–water partition coefficient (Wildman–Crippen LogP) is 3.73. The van der Waals surface area contributed by atoms with Crippen LogP contribution >= 0.6 is 0 Å². The standard InChI is InChI=1S/C18H24N4O2/c1-13-20-17(24-22-13)15-6-5-10-19-16(15)21-14-7-11-23-18(12-14)8-3-2-4-9-18/h5-6,10,14H,2-4,7-9,11-12H2,1H3,(H,19,21). The van der Waals surface area contributed by atoms with E-state index in [1.54, 1.807) is 6.20 Å². The molecule has 6 heteroatoms. The third kappa shape index (κ3) is 3.15. The zero-order valence-electron chi connectivity index (χ0n) is 14.1. The minimum Gasteiger partial charge on any atom is -0.375 e. The van der Waals surface area contributed by atoms with E-state index in [0.717, 1.165) is 30.8 Å². The molecule has 24 heavy (non-hydrogen) atoms. The molecule has 1 aliphatic heterocycles. The summed E-state index contributed by atoms with van der Waals surface area (Å²) >= 11 is 0. The van der Waals surface area contributed by atoms with Crippen molar-refractivity contribution in [1.82, 2.24) is 15.1 Å². The molecule has 2 aromatic rings. The Balaban J connectivity index is 1.53. The van der Waals surface area contributed by atoms with Gasteiger partial charge in [-0.25, -0.2) is 4.98 Å². The molecule has 0 aromatic carbocycles. The number of nitrogens with one attached hydrogen (secondary N) is 1. The summed E-state index contributed by atoms with van der Waals surface area (Å²) in [6.45, 7) is 2.64. The second-order valence-electron chi connectivity index (χ2n) is 6.97. The van der Waals surface area contributed by atoms with Crippen molar-refractivity contribution in [3.05, 3.63) is 24.2 Å². The number of pyridine rings is 1. The van der Waals surface area contributed by atoms with Gasteiger partial charge in [0.05, 0.1) is 11.2 Å². The van der Waals surface area contributed by atoms with Crippen molar-refractivity contribution in [3.8, 4) is 11.5 Å². The average Bonchev–Trinajstić information content (AvgIpc) is 3.02. The molecule has 6 nitrogen and oxygen atoms in total. The van der Waals surface area contributed by atoms with E-state index in [1.807, 2.05) is 19.1 Å². The van der Waals surface area contributed by atoms with E-state index >= 15 is 0 Å². The molecule has 1 N–H and O–H groups in total. The average molecular weight is 328 g/mol. The van der Waals surface area contributed by atoms with Gasteiger partial charge < -0.3 is 14.6 Å². The topological polar surface area (TPSA) is 73.1 Å². The van der Waals surface area contributed by atoms with E-state index in [9.17, 15) is 0 Å². The largest absolute Gasteiger partial charge is 0.375 e. The number of ether oxygens (including phenoxy) is 1. The molecular weight excluding hydrogens is 304 g/mol. The maximum atomic E-state index is 6.19. The molecule has 4 rings (SSSR count). The van der Waals surface area contributed by atoms with E-state index in [0.29, 0.717) is 17.8 Å². The number of nitrogens with zero attached hydrogens (tertiary/aromatic N) is 3. The first-order chi connectivity index (χ1) is 11.7. The van der Waals surface area contributed by atoms with E-state index in [2.05, 4.69) is 20.4 Å². The molecule has 3 heterocycles. The van der Waals surface area contributed by atoms with Crippen LogP contribution in [0, 0.1) is 6.92 Å². The highest BCUT2D eigenvalue weighted by Gasteiger charge is 2.38. The van der Waals surface area contributed by atoms with Gasteiger partial charge in [-0.05, 0) is 44.7 Å². The highest BCUT2D eigenvalue weighted by molar-refractivity contribution is 5.68. The Morgan fingerprint density at radius 2 is 2.12 bits per heavy atom. The molecule has 1 spiro atoms. The van der Waals surface area contributed by atoms with Crippen molar-refractivity contribution in [3.63, 3.8) is 0 Å². The molecule has 0 amide bonds. The number of rotatable bonds is 3. The van der Waals surface area contributed by atoms with Crippen molar-refractivity contribution < 1.29 is 9.26 Å². The third-order valence-electron chi connectivity index (χ3n) is 5.16. The van der Waals surface area contributed by atoms with E-state index in [4.69, 9.17) is 9.26 Å². The number of hydrogen-bond donors (Lipinski definition) is 1. The van der Waals surface area contributed by atoms with Gasteiger partial charge in [-0.3, -0.25) is 0 Å². The summed E-state index contributed by atoms with van der Waals surface area (Å²) in [4.78, 5) is 8.85. The first-order valence-corrected chi connectivity index (χ1v) is 8.90. The normalized spacial score (nSPS) is 23.3. The van der Waals surface area contributed by atoms with Crippen molar-refractivity contribution in [2.45, 2.75) is 63.5 Å². The van der Waals surface area contributed by atoms with Gasteiger partial charge in [0, 0.05) is 18.8 Å². The molecular formula is C18H24N4O2. The zero-order chi connectivity index (χ0) is 16.4. The fourth-order valence-corrected chi connectivity index (χ4v) is 3.99. The Kier molecular flexibility index (Phi) is 4.22. The molecule has 1 unspecified atom stereocenters. The van der Waals surface area contributed by atoms with Crippen LogP contribution < -0.4 is 5.32 Å². The molecule has 1 saturated heterocycles. The van der Waals surface area contributed by atoms with Gasteiger partial charge in [-0.15, -0.1) is 0 Å². The monoisotopic (exact) mass is 328 g/mol. The SMILES string of the molecule is Cc1noc(-c2cccnc2NC2CCOC3(CCCCC3)C2)n1. The van der Waals surface area contributed by atoms with Crippen LogP contribution in [0.15, 0.2) is 22.9 Å². The first kappa shape index (κ1) is 15.6. The lowest BCUT2D eigenvalue weighted by molar-refractivity contribution is -0.103. The minimum absolute atomic E-state index is 0.0736. The number of hydrogen-bond acceptors (Lipinski definition) is 6. The zero-order valence-corrected chi connectivity index (χ0v) is 14.1. The van der Waals surface area contributed by atoms with Crippen molar-refractivity contribution in [2.24, 2.45) is 0 Å². The lowest BCUT2D eigenvalue weighted by Crippen LogP contribution is -2.45. The van der Waals surface area contributed by atoms with Crippen LogP contribution in [0.5, 0.6) is 0 Å². The Labute approximate surface area is 142 Å². The van der Waals surface area contributed by atoms with Crippen LogP contribution in [0.4, 0.5) is 5.82 Å². The molecule has 1 aliphatic carbocycles. The van der Waals surface area contributed by atoms with Gasteiger partial charge in [-0.2, -0.15) is 4.98 Å². The smallest absolute Gasteiger partial charge is 0.261 e. The summed E-state index contributed by atoms with van der Waals surface area (Å²) in [7, 11) is 0. The second-order valence-corrected chi connectivity index (χ2v) is 6.97. The van der Waals surface area contributed by atoms with Crippen LogP contribution in [0.2, 0.25) is 0 Å². The maximum absolute atomic E-state index is 6.19. The van der Waals surface area contributed by atoms with Gasteiger partial charge in [0.1, 0.15) is 5.82 Å².